The van der Waals surface area contributed by atoms with E-state index in [2.05, 4.69) is 25.1 Å². The third-order valence-electron chi connectivity index (χ3n) is 4.66. The van der Waals surface area contributed by atoms with Gasteiger partial charge in [-0.1, -0.05) is 0 Å². The van der Waals surface area contributed by atoms with Gasteiger partial charge in [0.25, 0.3) is 5.56 Å². The molecular weight excluding hydrogens is 322 g/mol. The van der Waals surface area contributed by atoms with Gasteiger partial charge >= 0.3 is 0 Å². The molecule has 0 spiro atoms. The van der Waals surface area contributed by atoms with E-state index in [-0.39, 0.29) is 17.8 Å². The molecule has 134 valence electrons. The van der Waals surface area contributed by atoms with E-state index in [9.17, 15) is 9.90 Å². The van der Waals surface area contributed by atoms with Crippen LogP contribution in [0.1, 0.15) is 24.2 Å². The Morgan fingerprint density at radius 3 is 2.80 bits per heavy atom. The lowest BCUT2D eigenvalue weighted by Gasteiger charge is -2.36. The summed E-state index contributed by atoms with van der Waals surface area (Å²) in [5, 5.41) is 17.4. The highest BCUT2D eigenvalue weighted by molar-refractivity contribution is 6.13. The van der Waals surface area contributed by atoms with Crippen molar-refractivity contribution in [2.45, 2.75) is 25.0 Å². The molecule has 0 amide bonds. The molecule has 0 bridgehead atoms. The zero-order valence-corrected chi connectivity index (χ0v) is 14.4. The largest absolute Gasteiger partial charge is 0.392 e. The maximum Gasteiger partial charge on any atom is 0.277 e. The number of likely N-dealkylation sites (tertiary alicyclic amines) is 1. The first-order valence-electron chi connectivity index (χ1n) is 8.16. The van der Waals surface area contributed by atoms with E-state index in [4.69, 9.17) is 5.73 Å². The van der Waals surface area contributed by atoms with E-state index in [1.165, 1.54) is 10.9 Å². The van der Waals surface area contributed by atoms with Gasteiger partial charge < -0.3 is 15.7 Å². The summed E-state index contributed by atoms with van der Waals surface area (Å²) in [7, 11) is 3.62. The molecular formula is C16H23N7O2. The number of nitrogen functional groups attached to an aromatic ring is 1. The first kappa shape index (κ1) is 17.3. The van der Waals surface area contributed by atoms with Gasteiger partial charge in [0.2, 0.25) is 0 Å². The summed E-state index contributed by atoms with van der Waals surface area (Å²) in [6.07, 6.45) is 4.22. The zero-order chi connectivity index (χ0) is 18.0. The van der Waals surface area contributed by atoms with Crippen molar-refractivity contribution in [3.05, 3.63) is 40.3 Å². The Morgan fingerprint density at radius 1 is 1.48 bits per heavy atom. The Hall–Kier alpha value is -2.52. The van der Waals surface area contributed by atoms with Crippen molar-refractivity contribution in [3.8, 4) is 0 Å². The van der Waals surface area contributed by atoms with Gasteiger partial charge in [-0.3, -0.25) is 19.5 Å². The Kier molecular flexibility index (Phi) is 4.69. The monoisotopic (exact) mass is 345 g/mol. The van der Waals surface area contributed by atoms with E-state index in [1.807, 2.05) is 7.05 Å². The number of hydrogen-bond acceptors (Lipinski definition) is 7. The number of nitrogens with two attached hydrogens (primary N) is 1. The standard InChI is InChI=1S/C16H23N7O2/c1-18-13(11-3-6-20-21-11)14-12(17)15(24)23(10-19-14)9-16(25)4-7-22(2)8-5-16/h3,6,10,25H,4-5,7-9,17H2,1-2H3,(H,20,21). The second kappa shape index (κ2) is 6.77. The number of hydrogen-bond donors (Lipinski definition) is 3. The van der Waals surface area contributed by atoms with Crippen molar-refractivity contribution in [1.82, 2.24) is 24.6 Å². The van der Waals surface area contributed by atoms with Crippen molar-refractivity contribution in [2.24, 2.45) is 4.99 Å². The van der Waals surface area contributed by atoms with Crippen molar-refractivity contribution in [3.63, 3.8) is 0 Å². The molecule has 25 heavy (non-hydrogen) atoms. The van der Waals surface area contributed by atoms with Gasteiger partial charge in [-0.05, 0) is 26.0 Å². The first-order valence-corrected chi connectivity index (χ1v) is 8.16. The third kappa shape index (κ3) is 3.47. The van der Waals surface area contributed by atoms with Crippen molar-refractivity contribution < 1.29 is 5.11 Å². The summed E-state index contributed by atoms with van der Waals surface area (Å²) in [5.41, 5.74) is 6.16. The van der Waals surface area contributed by atoms with Crippen LogP contribution in [0.3, 0.4) is 0 Å². The highest BCUT2D eigenvalue weighted by Gasteiger charge is 2.32. The molecule has 1 aliphatic rings. The molecule has 1 saturated heterocycles. The predicted molar refractivity (Wildman–Crippen MR) is 94.7 cm³/mol. The molecule has 2 aromatic heterocycles. The van der Waals surface area contributed by atoms with Crippen molar-refractivity contribution >= 4 is 11.4 Å². The number of H-pyrrole nitrogens is 1. The highest BCUT2D eigenvalue weighted by Crippen LogP contribution is 2.23. The Labute approximate surface area is 145 Å². The number of aliphatic hydroxyl groups is 1. The van der Waals surface area contributed by atoms with Crippen LogP contribution >= 0.6 is 0 Å². The van der Waals surface area contributed by atoms with Crippen LogP contribution in [0.15, 0.2) is 28.4 Å². The normalized spacial score (nSPS) is 18.4. The van der Waals surface area contributed by atoms with Crippen LogP contribution in [-0.4, -0.2) is 68.3 Å². The van der Waals surface area contributed by atoms with Gasteiger partial charge in [0.15, 0.2) is 0 Å². The van der Waals surface area contributed by atoms with E-state index < -0.39 is 5.60 Å². The van der Waals surface area contributed by atoms with Gasteiger partial charge in [-0.2, -0.15) is 5.10 Å². The number of aromatic nitrogens is 4. The smallest absolute Gasteiger partial charge is 0.277 e. The van der Waals surface area contributed by atoms with E-state index in [0.29, 0.717) is 29.9 Å². The highest BCUT2D eigenvalue weighted by atomic mass is 16.3. The second-order valence-corrected chi connectivity index (χ2v) is 6.51. The molecule has 1 fully saturated rings. The average molecular weight is 345 g/mol. The summed E-state index contributed by atoms with van der Waals surface area (Å²) in [6, 6.07) is 1.73. The number of nitrogens with one attached hydrogen (secondary N) is 1. The summed E-state index contributed by atoms with van der Waals surface area (Å²) in [6.45, 7) is 1.76. The molecule has 0 aliphatic carbocycles. The Bertz CT molecular complexity index is 818. The third-order valence-corrected chi connectivity index (χ3v) is 4.66. The minimum absolute atomic E-state index is 0.00854. The molecule has 2 aromatic rings. The summed E-state index contributed by atoms with van der Waals surface area (Å²) >= 11 is 0. The number of aliphatic imine (C=N–C) groups is 1. The number of aromatic amines is 1. The van der Waals surface area contributed by atoms with Crippen molar-refractivity contribution in [2.75, 3.05) is 32.9 Å². The Balaban J connectivity index is 1.90. The van der Waals surface area contributed by atoms with Gasteiger partial charge in [0.1, 0.15) is 17.1 Å². The van der Waals surface area contributed by atoms with Crippen LogP contribution in [0.2, 0.25) is 0 Å². The summed E-state index contributed by atoms with van der Waals surface area (Å²) in [5.74, 6) is 0. The number of nitrogens with zero attached hydrogens (tertiary/aromatic N) is 5. The molecule has 0 atom stereocenters. The van der Waals surface area contributed by atoms with Crippen LogP contribution in [0.25, 0.3) is 0 Å². The van der Waals surface area contributed by atoms with Crippen LogP contribution in [0.5, 0.6) is 0 Å². The molecule has 0 saturated carbocycles. The molecule has 9 heteroatoms. The minimum Gasteiger partial charge on any atom is -0.392 e. The van der Waals surface area contributed by atoms with Crippen LogP contribution in [0, 0.1) is 0 Å². The van der Waals surface area contributed by atoms with Gasteiger partial charge in [0, 0.05) is 26.3 Å². The number of piperidine rings is 1. The SMILES string of the molecule is CN=C(c1ccn[nH]1)c1ncn(CC2(O)CCN(C)CC2)c(=O)c1N. The molecule has 9 nitrogen and oxygen atoms in total. The quantitative estimate of drug-likeness (QED) is 0.640. The first-order chi connectivity index (χ1) is 11.9. The summed E-state index contributed by atoms with van der Waals surface area (Å²) < 4.78 is 1.38. The minimum atomic E-state index is -0.920. The van der Waals surface area contributed by atoms with Crippen LogP contribution < -0.4 is 11.3 Å². The summed E-state index contributed by atoms with van der Waals surface area (Å²) in [4.78, 5) is 23.3. The lowest BCUT2D eigenvalue weighted by Crippen LogP contribution is -2.47. The molecule has 0 unspecified atom stereocenters. The molecule has 0 radical (unpaired) electrons. The number of rotatable bonds is 4. The van der Waals surface area contributed by atoms with Gasteiger partial charge in [-0.15, -0.1) is 0 Å². The van der Waals surface area contributed by atoms with E-state index in [1.54, 1.807) is 19.3 Å². The molecule has 3 heterocycles. The van der Waals surface area contributed by atoms with Gasteiger partial charge in [-0.25, -0.2) is 4.98 Å². The lowest BCUT2D eigenvalue weighted by molar-refractivity contribution is -0.0299. The fraction of sp³-hybridized carbons (Fsp3) is 0.500. The lowest BCUT2D eigenvalue weighted by atomic mass is 9.91. The number of anilines is 1. The topological polar surface area (TPSA) is 125 Å². The van der Waals surface area contributed by atoms with E-state index >= 15 is 0 Å². The molecule has 0 aromatic carbocycles. The zero-order valence-electron chi connectivity index (χ0n) is 14.4. The molecule has 1 aliphatic heterocycles. The van der Waals surface area contributed by atoms with Crippen LogP contribution in [0.4, 0.5) is 5.69 Å². The predicted octanol–water partition coefficient (Wildman–Crippen LogP) is -0.527. The second-order valence-electron chi connectivity index (χ2n) is 6.51. The van der Waals surface area contributed by atoms with Crippen molar-refractivity contribution in [1.29, 1.82) is 0 Å². The van der Waals surface area contributed by atoms with E-state index in [0.717, 1.165) is 13.1 Å². The Morgan fingerprint density at radius 2 is 2.20 bits per heavy atom. The fourth-order valence-corrected chi connectivity index (χ4v) is 3.06. The van der Waals surface area contributed by atoms with Gasteiger partial charge in [0.05, 0.1) is 24.2 Å². The molecule has 4 N–H and O–H groups in total. The maximum absolute atomic E-state index is 12.7. The maximum atomic E-state index is 12.7. The van der Waals surface area contributed by atoms with Crippen LogP contribution in [-0.2, 0) is 6.54 Å². The fourth-order valence-electron chi connectivity index (χ4n) is 3.06. The average Bonchev–Trinajstić information content (AvgIpc) is 3.12. The molecule has 3 rings (SSSR count).